The Morgan fingerprint density at radius 2 is 2.60 bits per heavy atom. The molecule has 0 bridgehead atoms. The van der Waals surface area contributed by atoms with E-state index in [2.05, 4.69) is 18.2 Å². The van der Waals surface area contributed by atoms with Gasteiger partial charge in [0.2, 0.25) is 6.33 Å². The Morgan fingerprint density at radius 3 is 3.20 bits per heavy atom. The van der Waals surface area contributed by atoms with E-state index >= 15 is 0 Å². The van der Waals surface area contributed by atoms with Crippen LogP contribution in [0.5, 0.6) is 0 Å². The van der Waals surface area contributed by atoms with Crippen LogP contribution in [0.3, 0.4) is 0 Å². The molecule has 1 heterocycles. The first-order chi connectivity index (χ1) is 4.93. The lowest BCUT2D eigenvalue weighted by molar-refractivity contribution is 0.105. The Morgan fingerprint density at radius 1 is 1.70 bits per heavy atom. The molecule has 1 aromatic heterocycles. The third kappa shape index (κ3) is 2.09. The summed E-state index contributed by atoms with van der Waals surface area (Å²) in [5, 5.41) is 0. The van der Waals surface area contributed by atoms with Crippen LogP contribution in [-0.4, -0.2) is 16.3 Å². The average Bonchev–Trinajstić information content (AvgIpc) is 2.41. The monoisotopic (exact) mass is 139 g/mol. The van der Waals surface area contributed by atoms with Gasteiger partial charge in [0.15, 0.2) is 0 Å². The van der Waals surface area contributed by atoms with Crippen LogP contribution in [0.1, 0.15) is 19.8 Å². The summed E-state index contributed by atoms with van der Waals surface area (Å²) in [7, 11) is 0. The summed E-state index contributed by atoms with van der Waals surface area (Å²) in [4.78, 5) is 8.90. The molecule has 0 aliphatic heterocycles. The minimum atomic E-state index is 0.739. The maximum Gasteiger partial charge on any atom is 0.214 e. The molecule has 1 rings (SSSR count). The van der Waals surface area contributed by atoms with Gasteiger partial charge in [0.25, 0.3) is 0 Å². The number of rotatable bonds is 4. The first kappa shape index (κ1) is 7.12. The van der Waals surface area contributed by atoms with Gasteiger partial charge in [0.05, 0.1) is 6.20 Å². The molecule has 3 heteroatoms. The Balaban J connectivity index is 2.15. The molecule has 0 spiro atoms. The van der Waals surface area contributed by atoms with Gasteiger partial charge in [-0.1, -0.05) is 13.3 Å². The average molecular weight is 139 g/mol. The van der Waals surface area contributed by atoms with E-state index in [0.717, 1.165) is 19.4 Å². The van der Waals surface area contributed by atoms with Gasteiger partial charge >= 0.3 is 0 Å². The fraction of sp³-hybridized carbons (Fsp3) is 0.571. The summed E-state index contributed by atoms with van der Waals surface area (Å²) in [6, 6.07) is 0. The van der Waals surface area contributed by atoms with Crippen molar-refractivity contribution in [3.63, 3.8) is 0 Å². The number of hydrogen-bond donors (Lipinski definition) is 0. The molecule has 0 aliphatic rings. The summed E-state index contributed by atoms with van der Waals surface area (Å²) < 4.78 is 1.50. The van der Waals surface area contributed by atoms with E-state index in [1.807, 2.05) is 0 Å². The molecule has 0 saturated heterocycles. The number of unbranched alkanes of at least 4 members (excludes halogenated alkanes) is 1. The number of nitrogens with zero attached hydrogens (tertiary/aromatic N) is 2. The lowest BCUT2D eigenvalue weighted by Gasteiger charge is -2.01. The molecule has 3 nitrogen and oxygen atoms in total. The zero-order valence-corrected chi connectivity index (χ0v) is 6.08. The Bertz CT molecular complexity index is 160. The van der Waals surface area contributed by atoms with Gasteiger partial charge in [0.1, 0.15) is 6.61 Å². The van der Waals surface area contributed by atoms with Gasteiger partial charge in [-0.05, 0) is 6.42 Å². The third-order valence-corrected chi connectivity index (χ3v) is 1.16. The first-order valence-electron chi connectivity index (χ1n) is 3.48. The highest BCUT2D eigenvalue weighted by Gasteiger charge is 1.87. The third-order valence-electron chi connectivity index (χ3n) is 1.16. The van der Waals surface area contributed by atoms with Crippen LogP contribution in [0.2, 0.25) is 0 Å². The summed E-state index contributed by atoms with van der Waals surface area (Å²) in [6.07, 6.45) is 8.24. The van der Waals surface area contributed by atoms with Gasteiger partial charge in [-0.25, -0.2) is 4.98 Å². The topological polar surface area (TPSA) is 27.1 Å². The second kappa shape index (κ2) is 3.93. The number of aromatic nitrogens is 2. The van der Waals surface area contributed by atoms with E-state index in [-0.39, 0.29) is 0 Å². The summed E-state index contributed by atoms with van der Waals surface area (Å²) >= 11 is 0. The largest absolute Gasteiger partial charge is 0.412 e. The number of hydrogen-bond acceptors (Lipinski definition) is 2. The smallest absolute Gasteiger partial charge is 0.214 e. The van der Waals surface area contributed by atoms with E-state index in [1.54, 1.807) is 12.4 Å². The van der Waals surface area contributed by atoms with Gasteiger partial charge in [0, 0.05) is 6.20 Å². The molecule has 0 aromatic carbocycles. The minimum absolute atomic E-state index is 0.739. The van der Waals surface area contributed by atoms with Crippen molar-refractivity contribution in [1.82, 2.24) is 9.71 Å². The molecule has 55 valence electrons. The maximum atomic E-state index is 5.18. The molecule has 10 heavy (non-hydrogen) atoms. The molecule has 0 atom stereocenters. The van der Waals surface area contributed by atoms with Crippen molar-refractivity contribution in [1.29, 1.82) is 0 Å². The van der Waals surface area contributed by atoms with Crippen molar-refractivity contribution in [3.05, 3.63) is 18.7 Å². The van der Waals surface area contributed by atoms with Crippen molar-refractivity contribution in [2.45, 2.75) is 19.8 Å². The highest BCUT2D eigenvalue weighted by atomic mass is 16.7. The van der Waals surface area contributed by atoms with Crippen LogP contribution >= 0.6 is 0 Å². The zero-order chi connectivity index (χ0) is 7.23. The van der Waals surface area contributed by atoms with Gasteiger partial charge in [-0.15, -0.1) is 0 Å². The Labute approximate surface area is 60.6 Å². The highest BCUT2D eigenvalue weighted by Crippen LogP contribution is 1.85. The van der Waals surface area contributed by atoms with Crippen molar-refractivity contribution in [2.75, 3.05) is 6.61 Å². The Kier molecular flexibility index (Phi) is 2.80. The second-order valence-electron chi connectivity index (χ2n) is 2.04. The van der Waals surface area contributed by atoms with Crippen LogP contribution in [0, 0.1) is 6.33 Å². The van der Waals surface area contributed by atoms with Crippen LogP contribution in [0.15, 0.2) is 12.4 Å². The SMILES string of the molecule is CCCCOn1[c]ncc1. The molecule has 0 aliphatic carbocycles. The molecule has 1 radical (unpaired) electrons. The van der Waals surface area contributed by atoms with Crippen LogP contribution in [-0.2, 0) is 0 Å². The maximum absolute atomic E-state index is 5.18. The quantitative estimate of drug-likeness (QED) is 0.580. The minimum Gasteiger partial charge on any atom is -0.412 e. The van der Waals surface area contributed by atoms with Crippen molar-refractivity contribution in [3.8, 4) is 0 Å². The molecule has 0 N–H and O–H groups in total. The fourth-order valence-electron chi connectivity index (χ4n) is 0.597. The summed E-state index contributed by atoms with van der Waals surface area (Å²) in [5.41, 5.74) is 0. The molecular formula is C7H11N2O. The molecule has 0 unspecified atom stereocenters. The van der Waals surface area contributed by atoms with Crippen LogP contribution < -0.4 is 4.84 Å². The zero-order valence-electron chi connectivity index (χ0n) is 6.08. The van der Waals surface area contributed by atoms with Gasteiger partial charge in [-0.3, -0.25) is 0 Å². The lowest BCUT2D eigenvalue weighted by atomic mass is 10.4. The van der Waals surface area contributed by atoms with E-state index in [9.17, 15) is 0 Å². The molecule has 0 amide bonds. The first-order valence-corrected chi connectivity index (χ1v) is 3.48. The highest BCUT2D eigenvalue weighted by molar-refractivity contribution is 4.67. The lowest BCUT2D eigenvalue weighted by Crippen LogP contribution is -2.10. The van der Waals surface area contributed by atoms with Crippen molar-refractivity contribution in [2.24, 2.45) is 0 Å². The van der Waals surface area contributed by atoms with E-state index in [1.165, 1.54) is 4.73 Å². The van der Waals surface area contributed by atoms with Crippen LogP contribution in [0.25, 0.3) is 0 Å². The summed E-state index contributed by atoms with van der Waals surface area (Å²) in [5.74, 6) is 0. The standard InChI is InChI=1S/C7H11N2O/c1-2-3-6-10-9-5-4-8-7-9/h4-5H,2-3,6H2,1H3. The molecular weight excluding hydrogens is 128 g/mol. The van der Waals surface area contributed by atoms with E-state index < -0.39 is 0 Å². The predicted octanol–water partition coefficient (Wildman–Crippen LogP) is 0.912. The summed E-state index contributed by atoms with van der Waals surface area (Å²) in [6.45, 7) is 2.87. The Hall–Kier alpha value is -0.990. The van der Waals surface area contributed by atoms with Crippen LogP contribution in [0.4, 0.5) is 0 Å². The molecule has 0 saturated carbocycles. The van der Waals surface area contributed by atoms with Crippen molar-refractivity contribution < 1.29 is 4.84 Å². The van der Waals surface area contributed by atoms with E-state index in [4.69, 9.17) is 4.84 Å². The molecule has 0 fully saturated rings. The van der Waals surface area contributed by atoms with Gasteiger partial charge in [-0.2, -0.15) is 4.73 Å². The van der Waals surface area contributed by atoms with Gasteiger partial charge < -0.3 is 4.84 Å². The second-order valence-corrected chi connectivity index (χ2v) is 2.04. The molecule has 1 aromatic rings. The number of imidazole rings is 1. The van der Waals surface area contributed by atoms with E-state index in [0.29, 0.717) is 0 Å². The predicted molar refractivity (Wildman–Crippen MR) is 37.4 cm³/mol. The van der Waals surface area contributed by atoms with Crippen molar-refractivity contribution >= 4 is 0 Å². The fourth-order valence-corrected chi connectivity index (χ4v) is 0.597. The normalized spacial score (nSPS) is 9.70.